The van der Waals surface area contributed by atoms with Gasteiger partial charge < -0.3 is 10.1 Å². The van der Waals surface area contributed by atoms with Crippen LogP contribution in [0.3, 0.4) is 0 Å². The maximum atomic E-state index is 13.8. The van der Waals surface area contributed by atoms with Crippen molar-refractivity contribution in [2.75, 3.05) is 6.61 Å². The predicted octanol–water partition coefficient (Wildman–Crippen LogP) is 4.97. The van der Waals surface area contributed by atoms with Gasteiger partial charge in [-0.25, -0.2) is 17.4 Å². The molecule has 1 unspecified atom stereocenters. The molecule has 0 fully saturated rings. The third kappa shape index (κ3) is 3.73. The summed E-state index contributed by atoms with van der Waals surface area (Å²) in [6.07, 6.45) is 4.77. The smallest absolute Gasteiger partial charge is 0.268 e. The number of rotatable bonds is 7. The molecule has 6 nitrogen and oxygen atoms in total. The molecule has 168 valence electrons. The second kappa shape index (κ2) is 8.50. The van der Waals surface area contributed by atoms with Crippen LogP contribution >= 0.6 is 0 Å². The SMILES string of the molecule is Cc1ccc(S(=O)(=O)n2c3ccccc3c3ccc(C(CCCO)c4cnc[nH]4)cc32)cc1. The summed E-state index contributed by atoms with van der Waals surface area (Å²) in [4.78, 5) is 7.59. The van der Waals surface area contributed by atoms with E-state index >= 15 is 0 Å². The molecule has 0 bridgehead atoms. The Morgan fingerprint density at radius 2 is 1.76 bits per heavy atom. The average molecular weight is 460 g/mol. The van der Waals surface area contributed by atoms with Crippen LogP contribution in [0.2, 0.25) is 0 Å². The van der Waals surface area contributed by atoms with E-state index in [0.29, 0.717) is 17.5 Å². The van der Waals surface area contributed by atoms with Crippen LogP contribution in [-0.2, 0) is 10.0 Å². The number of aryl methyl sites for hydroxylation is 1. The van der Waals surface area contributed by atoms with E-state index in [-0.39, 0.29) is 17.4 Å². The van der Waals surface area contributed by atoms with Gasteiger partial charge >= 0.3 is 0 Å². The van der Waals surface area contributed by atoms with E-state index in [0.717, 1.165) is 34.0 Å². The van der Waals surface area contributed by atoms with Gasteiger partial charge in [0.05, 0.1) is 22.3 Å². The molecular formula is C26H25N3O3S. The average Bonchev–Trinajstić information content (AvgIpc) is 3.46. The third-order valence-electron chi connectivity index (χ3n) is 6.16. The lowest BCUT2D eigenvalue weighted by atomic mass is 9.91. The third-order valence-corrected chi connectivity index (χ3v) is 7.90. The van der Waals surface area contributed by atoms with Crippen LogP contribution in [0.4, 0.5) is 0 Å². The van der Waals surface area contributed by atoms with Crippen LogP contribution in [0.1, 0.15) is 35.6 Å². The van der Waals surface area contributed by atoms with Gasteiger partial charge in [0.1, 0.15) is 0 Å². The Kier molecular flexibility index (Phi) is 5.52. The number of fused-ring (bicyclic) bond motifs is 3. The number of hydrogen-bond acceptors (Lipinski definition) is 4. The number of aromatic amines is 1. The van der Waals surface area contributed by atoms with E-state index in [4.69, 9.17) is 0 Å². The molecule has 0 amide bonds. The standard InChI is InChI=1S/C26H25N3O3S/c1-18-8-11-20(12-9-18)33(31,32)29-25-7-3-2-5-22(25)23-13-10-19(15-26(23)29)21(6-4-14-30)24-16-27-17-28-24/h2-3,5,7-13,15-17,21,30H,4,6,14H2,1H3,(H,27,28). The molecule has 0 aliphatic heterocycles. The first-order chi connectivity index (χ1) is 16.0. The van der Waals surface area contributed by atoms with E-state index in [2.05, 4.69) is 9.97 Å². The lowest BCUT2D eigenvalue weighted by Crippen LogP contribution is -2.13. The Labute approximate surface area is 192 Å². The molecule has 0 radical (unpaired) electrons. The van der Waals surface area contributed by atoms with Crippen molar-refractivity contribution in [1.82, 2.24) is 13.9 Å². The zero-order valence-electron chi connectivity index (χ0n) is 18.3. The van der Waals surface area contributed by atoms with Crippen molar-refractivity contribution in [2.45, 2.75) is 30.6 Å². The number of imidazole rings is 1. The van der Waals surface area contributed by atoms with Crippen LogP contribution in [0.15, 0.2) is 84.1 Å². The van der Waals surface area contributed by atoms with E-state index in [9.17, 15) is 13.5 Å². The summed E-state index contributed by atoms with van der Waals surface area (Å²) in [5.74, 6) is -0.0300. The minimum atomic E-state index is -3.82. The minimum absolute atomic E-state index is 0.0300. The van der Waals surface area contributed by atoms with Crippen molar-refractivity contribution in [1.29, 1.82) is 0 Å². The van der Waals surface area contributed by atoms with E-state index < -0.39 is 10.0 Å². The second-order valence-corrected chi connectivity index (χ2v) is 10.1. The van der Waals surface area contributed by atoms with E-state index in [1.165, 1.54) is 3.97 Å². The summed E-state index contributed by atoms with van der Waals surface area (Å²) in [6.45, 7) is 2.03. The number of nitrogens with one attached hydrogen (secondary N) is 1. The van der Waals surface area contributed by atoms with Crippen molar-refractivity contribution in [3.63, 3.8) is 0 Å². The van der Waals surface area contributed by atoms with Crippen molar-refractivity contribution in [3.8, 4) is 0 Å². The molecule has 2 N–H and O–H groups in total. The Balaban J connectivity index is 1.76. The largest absolute Gasteiger partial charge is 0.396 e. The molecule has 33 heavy (non-hydrogen) atoms. The molecule has 0 aliphatic carbocycles. The molecular weight excluding hydrogens is 434 g/mol. The number of aliphatic hydroxyl groups is 1. The summed E-state index contributed by atoms with van der Waals surface area (Å²) < 4.78 is 29.1. The normalized spacial score (nSPS) is 13.0. The van der Waals surface area contributed by atoms with Crippen LogP contribution in [0, 0.1) is 6.92 Å². The predicted molar refractivity (Wildman–Crippen MR) is 130 cm³/mol. The lowest BCUT2D eigenvalue weighted by Gasteiger charge is -2.16. The minimum Gasteiger partial charge on any atom is -0.396 e. The van der Waals surface area contributed by atoms with E-state index in [1.54, 1.807) is 24.7 Å². The summed E-state index contributed by atoms with van der Waals surface area (Å²) >= 11 is 0. The highest BCUT2D eigenvalue weighted by atomic mass is 32.2. The molecule has 2 heterocycles. The highest BCUT2D eigenvalue weighted by Crippen LogP contribution is 2.36. The van der Waals surface area contributed by atoms with Crippen molar-refractivity contribution >= 4 is 31.8 Å². The number of para-hydroxylation sites is 1. The topological polar surface area (TPSA) is 88.0 Å². The second-order valence-electron chi connectivity index (χ2n) is 8.30. The fourth-order valence-electron chi connectivity index (χ4n) is 4.50. The molecule has 2 aromatic heterocycles. The van der Waals surface area contributed by atoms with E-state index in [1.807, 2.05) is 61.5 Å². The molecule has 3 aromatic carbocycles. The van der Waals surface area contributed by atoms with Gasteiger partial charge in [-0.2, -0.15) is 0 Å². The van der Waals surface area contributed by atoms with Crippen LogP contribution in [0.5, 0.6) is 0 Å². The Morgan fingerprint density at radius 1 is 1.00 bits per heavy atom. The maximum absolute atomic E-state index is 13.8. The first kappa shape index (κ1) is 21.4. The molecule has 0 saturated carbocycles. The summed E-state index contributed by atoms with van der Waals surface area (Å²) in [7, 11) is -3.82. The molecule has 0 aliphatic rings. The first-order valence-corrected chi connectivity index (χ1v) is 12.4. The number of aromatic nitrogens is 3. The van der Waals surface area contributed by atoms with Crippen molar-refractivity contribution in [2.24, 2.45) is 0 Å². The zero-order valence-corrected chi connectivity index (χ0v) is 19.1. The number of aliphatic hydroxyl groups excluding tert-OH is 1. The highest BCUT2D eigenvalue weighted by molar-refractivity contribution is 7.90. The number of hydrogen-bond donors (Lipinski definition) is 2. The first-order valence-electron chi connectivity index (χ1n) is 10.9. The lowest BCUT2D eigenvalue weighted by molar-refractivity contribution is 0.282. The maximum Gasteiger partial charge on any atom is 0.268 e. The zero-order chi connectivity index (χ0) is 23.0. The fraction of sp³-hybridized carbons (Fsp3) is 0.192. The molecule has 1 atom stereocenters. The van der Waals surface area contributed by atoms with Gasteiger partial charge in [-0.15, -0.1) is 0 Å². The van der Waals surface area contributed by atoms with Gasteiger partial charge in [0, 0.05) is 35.2 Å². The Bertz CT molecular complexity index is 1520. The Morgan fingerprint density at radius 3 is 2.48 bits per heavy atom. The van der Waals surface area contributed by atoms with Crippen LogP contribution in [0.25, 0.3) is 21.8 Å². The fourth-order valence-corrected chi connectivity index (χ4v) is 6.02. The summed E-state index contributed by atoms with van der Waals surface area (Å²) in [5.41, 5.74) is 4.21. The van der Waals surface area contributed by atoms with Crippen LogP contribution in [-0.4, -0.2) is 34.1 Å². The molecule has 5 aromatic rings. The molecule has 0 saturated heterocycles. The molecule has 0 spiro atoms. The van der Waals surface area contributed by atoms with Gasteiger partial charge in [-0.3, -0.25) is 0 Å². The highest BCUT2D eigenvalue weighted by Gasteiger charge is 2.24. The van der Waals surface area contributed by atoms with Crippen molar-refractivity contribution in [3.05, 3.63) is 96.1 Å². The Hall–Kier alpha value is -3.42. The van der Waals surface area contributed by atoms with Gasteiger partial charge in [-0.05, 0) is 49.6 Å². The molecule has 7 heteroatoms. The summed E-state index contributed by atoms with van der Waals surface area (Å²) in [5, 5.41) is 11.2. The molecule has 5 rings (SSSR count). The number of nitrogens with zero attached hydrogens (tertiary/aromatic N) is 2. The number of H-pyrrole nitrogens is 1. The number of benzene rings is 3. The summed E-state index contributed by atoms with van der Waals surface area (Å²) in [6, 6.07) is 20.5. The van der Waals surface area contributed by atoms with Gasteiger partial charge in [-0.1, -0.05) is 48.0 Å². The van der Waals surface area contributed by atoms with Gasteiger partial charge in [0.15, 0.2) is 0 Å². The van der Waals surface area contributed by atoms with Gasteiger partial charge in [0.2, 0.25) is 0 Å². The quantitative estimate of drug-likeness (QED) is 0.360. The monoisotopic (exact) mass is 459 g/mol. The van der Waals surface area contributed by atoms with Crippen LogP contribution < -0.4 is 0 Å². The van der Waals surface area contributed by atoms with Crippen molar-refractivity contribution < 1.29 is 13.5 Å². The van der Waals surface area contributed by atoms with Gasteiger partial charge in [0.25, 0.3) is 10.0 Å².